The van der Waals surface area contributed by atoms with Gasteiger partial charge in [0.05, 0.1) is 21.8 Å². The minimum Gasteiger partial charge on any atom is -0.377 e. The fraction of sp³-hybridized carbons (Fsp3) is 0.278. The number of hydrogen-bond donors (Lipinski definition) is 1. The monoisotopic (exact) mass is 348 g/mol. The largest absolute Gasteiger partial charge is 0.377 e. The zero-order valence-corrected chi connectivity index (χ0v) is 14.5. The van der Waals surface area contributed by atoms with Crippen LogP contribution in [0.15, 0.2) is 42.5 Å². The minimum absolute atomic E-state index is 0.0594. The van der Waals surface area contributed by atoms with Gasteiger partial charge in [0.25, 0.3) is 0 Å². The summed E-state index contributed by atoms with van der Waals surface area (Å²) in [5.74, 6) is 0.0594. The molecule has 0 spiro atoms. The van der Waals surface area contributed by atoms with Crippen LogP contribution in [0.25, 0.3) is 0 Å². The number of hydrogen-bond acceptors (Lipinski definition) is 2. The molecule has 23 heavy (non-hydrogen) atoms. The van der Waals surface area contributed by atoms with Gasteiger partial charge in [0.1, 0.15) is 0 Å². The first-order valence-corrected chi connectivity index (χ1v) is 8.34. The quantitative estimate of drug-likeness (QED) is 0.799. The van der Waals surface area contributed by atoms with Crippen LogP contribution in [-0.4, -0.2) is 11.9 Å². The standard InChI is InChI=1S/C18H18Cl2N2O/c1-11-10-16(21-15-8-5-7-14(19)18(15)20)13-6-3-4-9-17(13)22(11)12(2)23/h3-9,11,16,21H,10H2,1-2H3. The molecule has 1 heterocycles. The summed E-state index contributed by atoms with van der Waals surface area (Å²) in [6.45, 7) is 3.67. The molecular formula is C18H18Cl2N2O. The lowest BCUT2D eigenvalue weighted by Gasteiger charge is -2.39. The number of fused-ring (bicyclic) bond motifs is 1. The SMILES string of the molecule is CC(=O)N1c2ccccc2C(Nc2cccc(Cl)c2Cl)CC1C. The molecule has 3 rings (SSSR count). The Bertz CT molecular complexity index is 748. The summed E-state index contributed by atoms with van der Waals surface area (Å²) >= 11 is 12.4. The van der Waals surface area contributed by atoms with Gasteiger partial charge in [0.15, 0.2) is 0 Å². The highest BCUT2D eigenvalue weighted by atomic mass is 35.5. The molecule has 0 saturated heterocycles. The van der Waals surface area contributed by atoms with E-state index in [0.717, 1.165) is 23.4 Å². The molecule has 3 nitrogen and oxygen atoms in total. The third-order valence-electron chi connectivity index (χ3n) is 4.21. The lowest BCUT2D eigenvalue weighted by molar-refractivity contribution is -0.117. The predicted molar refractivity (Wildman–Crippen MR) is 96.5 cm³/mol. The highest BCUT2D eigenvalue weighted by Crippen LogP contribution is 2.40. The molecule has 2 aromatic rings. The molecule has 1 aliphatic rings. The van der Waals surface area contributed by atoms with E-state index < -0.39 is 0 Å². The van der Waals surface area contributed by atoms with Crippen LogP contribution in [-0.2, 0) is 4.79 Å². The number of carbonyl (C=O) groups excluding carboxylic acids is 1. The van der Waals surface area contributed by atoms with E-state index in [-0.39, 0.29) is 18.0 Å². The number of carbonyl (C=O) groups is 1. The van der Waals surface area contributed by atoms with Gasteiger partial charge in [-0.1, -0.05) is 47.5 Å². The van der Waals surface area contributed by atoms with Crippen LogP contribution < -0.4 is 10.2 Å². The van der Waals surface area contributed by atoms with Crippen molar-refractivity contribution >= 4 is 40.5 Å². The van der Waals surface area contributed by atoms with E-state index in [0.29, 0.717) is 10.0 Å². The summed E-state index contributed by atoms with van der Waals surface area (Å²) in [5.41, 5.74) is 2.86. The van der Waals surface area contributed by atoms with E-state index in [1.165, 1.54) is 0 Å². The summed E-state index contributed by atoms with van der Waals surface area (Å²) < 4.78 is 0. The lowest BCUT2D eigenvalue weighted by atomic mass is 9.91. The summed E-state index contributed by atoms with van der Waals surface area (Å²) in [6, 6.07) is 13.7. The van der Waals surface area contributed by atoms with E-state index in [2.05, 4.69) is 12.2 Å². The number of halogens is 2. The highest BCUT2D eigenvalue weighted by molar-refractivity contribution is 6.43. The fourth-order valence-corrected chi connectivity index (χ4v) is 3.59. The van der Waals surface area contributed by atoms with Crippen molar-refractivity contribution in [2.75, 3.05) is 10.2 Å². The number of benzene rings is 2. The molecule has 0 bridgehead atoms. The Morgan fingerprint density at radius 1 is 1.17 bits per heavy atom. The number of nitrogens with one attached hydrogen (secondary N) is 1. The van der Waals surface area contributed by atoms with Crippen molar-refractivity contribution in [2.24, 2.45) is 0 Å². The number of rotatable bonds is 2. The average molecular weight is 349 g/mol. The molecule has 1 amide bonds. The Hall–Kier alpha value is -1.71. The predicted octanol–water partition coefficient (Wildman–Crippen LogP) is 5.29. The Balaban J connectivity index is 1.99. The van der Waals surface area contributed by atoms with Crippen LogP contribution in [0.2, 0.25) is 10.0 Å². The molecular weight excluding hydrogens is 331 g/mol. The zero-order valence-electron chi connectivity index (χ0n) is 13.0. The molecule has 2 atom stereocenters. The van der Waals surface area contributed by atoms with E-state index >= 15 is 0 Å². The van der Waals surface area contributed by atoms with Gasteiger partial charge in [-0.15, -0.1) is 0 Å². The van der Waals surface area contributed by atoms with Crippen molar-refractivity contribution in [1.82, 2.24) is 0 Å². The molecule has 0 aromatic heterocycles. The van der Waals surface area contributed by atoms with Gasteiger partial charge >= 0.3 is 0 Å². The second kappa shape index (κ2) is 6.42. The second-order valence-corrected chi connectivity index (χ2v) is 6.62. The van der Waals surface area contributed by atoms with Crippen molar-refractivity contribution in [1.29, 1.82) is 0 Å². The van der Waals surface area contributed by atoms with Crippen molar-refractivity contribution < 1.29 is 4.79 Å². The average Bonchev–Trinajstić information content (AvgIpc) is 2.51. The van der Waals surface area contributed by atoms with Gasteiger partial charge in [-0.25, -0.2) is 0 Å². The molecule has 2 aromatic carbocycles. The third kappa shape index (κ3) is 3.04. The lowest BCUT2D eigenvalue weighted by Crippen LogP contribution is -2.43. The summed E-state index contributed by atoms with van der Waals surface area (Å²) in [4.78, 5) is 13.9. The summed E-state index contributed by atoms with van der Waals surface area (Å²) in [5, 5.41) is 4.53. The van der Waals surface area contributed by atoms with Crippen LogP contribution in [0.5, 0.6) is 0 Å². The smallest absolute Gasteiger partial charge is 0.224 e. The highest BCUT2D eigenvalue weighted by Gasteiger charge is 2.32. The maximum absolute atomic E-state index is 12.0. The van der Waals surface area contributed by atoms with Gasteiger partial charge in [0, 0.05) is 18.7 Å². The first-order valence-electron chi connectivity index (χ1n) is 7.58. The zero-order chi connectivity index (χ0) is 16.6. The van der Waals surface area contributed by atoms with E-state index in [1.807, 2.05) is 41.3 Å². The van der Waals surface area contributed by atoms with Crippen LogP contribution >= 0.6 is 23.2 Å². The van der Waals surface area contributed by atoms with Gasteiger partial charge < -0.3 is 10.2 Å². The Morgan fingerprint density at radius 3 is 2.65 bits per heavy atom. The molecule has 0 aliphatic carbocycles. The molecule has 120 valence electrons. The van der Waals surface area contributed by atoms with Crippen molar-refractivity contribution in [3.8, 4) is 0 Å². The van der Waals surface area contributed by atoms with Gasteiger partial charge in [-0.05, 0) is 37.1 Å². The number of para-hydroxylation sites is 1. The first kappa shape index (κ1) is 16.2. The van der Waals surface area contributed by atoms with Crippen molar-refractivity contribution in [3.63, 3.8) is 0 Å². The first-order chi connectivity index (χ1) is 11.0. The Morgan fingerprint density at radius 2 is 1.91 bits per heavy atom. The summed E-state index contributed by atoms with van der Waals surface area (Å²) in [7, 11) is 0. The second-order valence-electron chi connectivity index (χ2n) is 5.83. The van der Waals surface area contributed by atoms with Gasteiger partial charge in [-0.2, -0.15) is 0 Å². The molecule has 0 radical (unpaired) electrons. The topological polar surface area (TPSA) is 32.3 Å². The Labute approximate surface area is 146 Å². The van der Waals surface area contributed by atoms with Crippen LogP contribution in [0.3, 0.4) is 0 Å². The number of anilines is 2. The van der Waals surface area contributed by atoms with Crippen molar-refractivity contribution in [2.45, 2.75) is 32.4 Å². The van der Waals surface area contributed by atoms with E-state index in [9.17, 15) is 4.79 Å². The molecule has 1 N–H and O–H groups in total. The minimum atomic E-state index is 0.0594. The maximum Gasteiger partial charge on any atom is 0.224 e. The van der Waals surface area contributed by atoms with Gasteiger partial charge in [0.2, 0.25) is 5.91 Å². The van der Waals surface area contributed by atoms with E-state index in [4.69, 9.17) is 23.2 Å². The molecule has 0 saturated carbocycles. The van der Waals surface area contributed by atoms with E-state index in [1.54, 1.807) is 13.0 Å². The summed E-state index contributed by atoms with van der Waals surface area (Å²) in [6.07, 6.45) is 0.805. The number of nitrogens with zero attached hydrogens (tertiary/aromatic N) is 1. The normalized spacial score (nSPS) is 20.1. The molecule has 2 unspecified atom stereocenters. The maximum atomic E-state index is 12.0. The molecule has 0 fully saturated rings. The molecule has 1 aliphatic heterocycles. The van der Waals surface area contributed by atoms with Crippen LogP contribution in [0, 0.1) is 0 Å². The number of amides is 1. The van der Waals surface area contributed by atoms with Crippen molar-refractivity contribution in [3.05, 3.63) is 58.1 Å². The Kier molecular flexibility index (Phi) is 4.51. The fourth-order valence-electron chi connectivity index (χ4n) is 3.23. The van der Waals surface area contributed by atoms with Crippen LogP contribution in [0.1, 0.15) is 31.9 Å². The van der Waals surface area contributed by atoms with Gasteiger partial charge in [-0.3, -0.25) is 4.79 Å². The third-order valence-corrected chi connectivity index (χ3v) is 5.03. The molecule has 5 heteroatoms. The van der Waals surface area contributed by atoms with Crippen LogP contribution in [0.4, 0.5) is 11.4 Å².